The third-order valence-corrected chi connectivity index (χ3v) is 4.76. The van der Waals surface area contributed by atoms with E-state index in [-0.39, 0.29) is 10.8 Å². The summed E-state index contributed by atoms with van der Waals surface area (Å²) >= 11 is 0. The van der Waals surface area contributed by atoms with E-state index in [1.54, 1.807) is 39.3 Å². The average Bonchev–Trinajstić information content (AvgIpc) is 2.78. The third-order valence-electron chi connectivity index (χ3n) is 3.09. The van der Waals surface area contributed by atoms with Crippen LogP contribution in [0.25, 0.3) is 0 Å². The highest BCUT2D eigenvalue weighted by Crippen LogP contribution is 2.22. The molecule has 3 N–H and O–H groups in total. The van der Waals surface area contributed by atoms with Crippen LogP contribution in [0.3, 0.4) is 0 Å². The molecule has 8 heteroatoms. The van der Waals surface area contributed by atoms with E-state index in [1.807, 2.05) is 6.07 Å². The third kappa shape index (κ3) is 3.17. The molecule has 0 saturated heterocycles. The smallest absolute Gasteiger partial charge is 0.260 e. The van der Waals surface area contributed by atoms with Crippen molar-refractivity contribution >= 4 is 15.8 Å². The van der Waals surface area contributed by atoms with Gasteiger partial charge in [-0.25, -0.2) is 18.1 Å². The number of sulfonamides is 1. The van der Waals surface area contributed by atoms with Crippen LogP contribution >= 0.6 is 0 Å². The van der Waals surface area contributed by atoms with Crippen molar-refractivity contribution in [2.45, 2.75) is 18.0 Å². The Morgan fingerprint density at radius 2 is 2.14 bits per heavy atom. The normalized spacial score (nSPS) is 13.1. The Morgan fingerprint density at radius 3 is 2.71 bits per heavy atom. The van der Waals surface area contributed by atoms with Crippen molar-refractivity contribution in [3.8, 4) is 5.75 Å². The molecule has 21 heavy (non-hydrogen) atoms. The van der Waals surface area contributed by atoms with Crippen LogP contribution in [0.15, 0.2) is 35.6 Å². The van der Waals surface area contributed by atoms with E-state index >= 15 is 0 Å². The highest BCUT2D eigenvalue weighted by atomic mass is 32.2. The minimum Gasteiger partial charge on any atom is -0.497 e. The zero-order valence-corrected chi connectivity index (χ0v) is 12.9. The lowest BCUT2D eigenvalue weighted by Gasteiger charge is -2.15. The number of imidazole rings is 1. The van der Waals surface area contributed by atoms with Crippen LogP contribution in [-0.2, 0) is 17.1 Å². The highest BCUT2D eigenvalue weighted by Gasteiger charge is 2.24. The number of hydrogen-bond donors (Lipinski definition) is 2. The number of nitrogens with one attached hydrogen (secondary N) is 1. The summed E-state index contributed by atoms with van der Waals surface area (Å²) < 4.78 is 33.9. The van der Waals surface area contributed by atoms with Gasteiger partial charge in [0.2, 0.25) is 0 Å². The number of ether oxygens (including phenoxy) is 1. The first kappa shape index (κ1) is 15.3. The van der Waals surface area contributed by atoms with Crippen molar-refractivity contribution in [2.24, 2.45) is 7.05 Å². The SMILES string of the molecule is COc1cccc(C(C)NS(=O)(=O)c2c(N)ncn2C)c1. The van der Waals surface area contributed by atoms with Gasteiger partial charge >= 0.3 is 0 Å². The number of benzene rings is 1. The zero-order valence-electron chi connectivity index (χ0n) is 12.1. The maximum atomic E-state index is 12.4. The van der Waals surface area contributed by atoms with Crippen LogP contribution in [0.1, 0.15) is 18.5 Å². The number of rotatable bonds is 5. The first-order valence-electron chi connectivity index (χ1n) is 6.28. The molecule has 2 rings (SSSR count). The Balaban J connectivity index is 2.28. The lowest BCUT2D eigenvalue weighted by Crippen LogP contribution is -2.29. The van der Waals surface area contributed by atoms with Crippen molar-refractivity contribution in [2.75, 3.05) is 12.8 Å². The Hall–Kier alpha value is -2.06. The molecule has 1 heterocycles. The van der Waals surface area contributed by atoms with Crippen molar-refractivity contribution in [3.63, 3.8) is 0 Å². The minimum atomic E-state index is -3.76. The lowest BCUT2D eigenvalue weighted by molar-refractivity contribution is 0.413. The Bertz CT molecular complexity index is 720. The highest BCUT2D eigenvalue weighted by molar-refractivity contribution is 7.89. The number of nitrogen functional groups attached to an aromatic ring is 1. The molecule has 1 unspecified atom stereocenters. The summed E-state index contributed by atoms with van der Waals surface area (Å²) in [5.41, 5.74) is 6.41. The van der Waals surface area contributed by atoms with Gasteiger partial charge in [-0.1, -0.05) is 12.1 Å². The second-order valence-electron chi connectivity index (χ2n) is 4.67. The van der Waals surface area contributed by atoms with E-state index in [0.717, 1.165) is 5.56 Å². The summed E-state index contributed by atoms with van der Waals surface area (Å²) in [7, 11) is -0.623. The number of nitrogens with zero attached hydrogens (tertiary/aromatic N) is 2. The molecule has 0 saturated carbocycles. The molecule has 0 aliphatic heterocycles. The molecule has 0 aliphatic rings. The predicted octanol–water partition coefficient (Wildman–Crippen LogP) is 1.05. The first-order chi connectivity index (χ1) is 9.85. The summed E-state index contributed by atoms with van der Waals surface area (Å²) in [6, 6.07) is 6.77. The summed E-state index contributed by atoms with van der Waals surface area (Å²) in [5, 5.41) is -0.0442. The molecule has 0 bridgehead atoms. The molecule has 0 spiro atoms. The average molecular weight is 310 g/mol. The predicted molar refractivity (Wildman–Crippen MR) is 79.4 cm³/mol. The molecule has 1 atom stereocenters. The fourth-order valence-corrected chi connectivity index (χ4v) is 3.50. The summed E-state index contributed by atoms with van der Waals surface area (Å²) in [6.45, 7) is 1.75. The maximum Gasteiger partial charge on any atom is 0.260 e. The molecular weight excluding hydrogens is 292 g/mol. The lowest BCUT2D eigenvalue weighted by atomic mass is 10.1. The Morgan fingerprint density at radius 1 is 1.43 bits per heavy atom. The molecule has 1 aromatic carbocycles. The fraction of sp³-hybridized carbons (Fsp3) is 0.308. The van der Waals surface area contributed by atoms with Crippen molar-refractivity contribution < 1.29 is 13.2 Å². The van der Waals surface area contributed by atoms with Crippen LogP contribution in [0.4, 0.5) is 5.82 Å². The second-order valence-corrected chi connectivity index (χ2v) is 6.29. The van der Waals surface area contributed by atoms with Gasteiger partial charge in [0.25, 0.3) is 10.0 Å². The second kappa shape index (κ2) is 5.74. The van der Waals surface area contributed by atoms with Crippen LogP contribution in [-0.4, -0.2) is 25.1 Å². The molecule has 7 nitrogen and oxygen atoms in total. The van der Waals surface area contributed by atoms with Gasteiger partial charge < -0.3 is 15.0 Å². The van der Waals surface area contributed by atoms with Gasteiger partial charge in [0.05, 0.1) is 13.4 Å². The van der Waals surface area contributed by atoms with E-state index in [4.69, 9.17) is 10.5 Å². The van der Waals surface area contributed by atoms with Crippen molar-refractivity contribution in [3.05, 3.63) is 36.2 Å². The topological polar surface area (TPSA) is 99.2 Å². The molecule has 0 fully saturated rings. The number of aryl methyl sites for hydroxylation is 1. The van der Waals surface area contributed by atoms with Gasteiger partial charge in [-0.2, -0.15) is 0 Å². The molecule has 2 aromatic rings. The first-order valence-corrected chi connectivity index (χ1v) is 7.76. The van der Waals surface area contributed by atoms with Gasteiger partial charge in [-0.05, 0) is 24.6 Å². The number of anilines is 1. The number of nitrogens with two attached hydrogens (primary N) is 1. The van der Waals surface area contributed by atoms with Crippen molar-refractivity contribution in [1.29, 1.82) is 0 Å². The van der Waals surface area contributed by atoms with E-state index in [0.29, 0.717) is 5.75 Å². The number of aromatic nitrogens is 2. The molecule has 0 amide bonds. The quantitative estimate of drug-likeness (QED) is 0.860. The summed E-state index contributed by atoms with van der Waals surface area (Å²) in [4.78, 5) is 3.79. The summed E-state index contributed by atoms with van der Waals surface area (Å²) in [6.07, 6.45) is 1.36. The van der Waals surface area contributed by atoms with Crippen LogP contribution in [0, 0.1) is 0 Å². The van der Waals surface area contributed by atoms with Crippen LogP contribution in [0.5, 0.6) is 5.75 Å². The zero-order chi connectivity index (χ0) is 15.6. The largest absolute Gasteiger partial charge is 0.497 e. The molecule has 114 valence electrons. The van der Waals surface area contributed by atoms with Gasteiger partial charge in [-0.3, -0.25) is 0 Å². The standard InChI is InChI=1S/C13H18N4O3S/c1-9(10-5-4-6-11(7-10)20-3)16-21(18,19)13-12(14)15-8-17(13)2/h4-9,16H,14H2,1-3H3. The van der Waals surface area contributed by atoms with E-state index in [2.05, 4.69) is 9.71 Å². The Labute approximate surface area is 123 Å². The van der Waals surface area contributed by atoms with E-state index in [9.17, 15) is 8.42 Å². The molecule has 0 radical (unpaired) electrons. The van der Waals surface area contributed by atoms with Gasteiger partial charge in [0, 0.05) is 13.1 Å². The van der Waals surface area contributed by atoms with Crippen molar-refractivity contribution in [1.82, 2.24) is 14.3 Å². The van der Waals surface area contributed by atoms with Crippen LogP contribution in [0.2, 0.25) is 0 Å². The van der Waals surface area contributed by atoms with E-state index in [1.165, 1.54) is 10.9 Å². The molecular formula is C13H18N4O3S. The molecule has 1 aromatic heterocycles. The Kier molecular flexibility index (Phi) is 4.19. The van der Waals surface area contributed by atoms with Gasteiger partial charge in [0.15, 0.2) is 10.8 Å². The molecule has 0 aliphatic carbocycles. The van der Waals surface area contributed by atoms with Gasteiger partial charge in [0.1, 0.15) is 5.75 Å². The number of methoxy groups -OCH3 is 1. The number of hydrogen-bond acceptors (Lipinski definition) is 5. The van der Waals surface area contributed by atoms with E-state index < -0.39 is 16.1 Å². The van der Waals surface area contributed by atoms with Crippen LogP contribution < -0.4 is 15.2 Å². The monoisotopic (exact) mass is 310 g/mol. The fourth-order valence-electron chi connectivity index (χ4n) is 2.03. The van der Waals surface area contributed by atoms with Gasteiger partial charge in [-0.15, -0.1) is 0 Å². The summed E-state index contributed by atoms with van der Waals surface area (Å²) in [5.74, 6) is 0.640. The maximum absolute atomic E-state index is 12.4. The minimum absolute atomic E-state index is 0.0251.